The van der Waals surface area contributed by atoms with E-state index in [0.717, 1.165) is 0 Å². The smallest absolute Gasteiger partial charge is 0.161 e. The minimum absolute atomic E-state index is 0.320. The first-order chi connectivity index (χ1) is 9.08. The summed E-state index contributed by atoms with van der Waals surface area (Å²) in [5.41, 5.74) is 7.09. The molecule has 0 spiro atoms. The van der Waals surface area contributed by atoms with Crippen LogP contribution < -0.4 is 10.5 Å². The van der Waals surface area contributed by atoms with Crippen LogP contribution in [-0.2, 0) is 6.54 Å². The van der Waals surface area contributed by atoms with Gasteiger partial charge in [-0.1, -0.05) is 11.6 Å². The number of benzene rings is 1. The van der Waals surface area contributed by atoms with Gasteiger partial charge in [-0.05, 0) is 25.1 Å². The molecule has 1 aromatic carbocycles. The average molecular weight is 284 g/mol. The first-order valence-electron chi connectivity index (χ1n) is 5.88. The number of rotatable bonds is 4. The Labute approximate surface area is 115 Å². The second kappa shape index (κ2) is 5.59. The van der Waals surface area contributed by atoms with Crippen LogP contribution in [0.1, 0.15) is 24.2 Å². The molecule has 0 radical (unpaired) electrons. The molecule has 1 heterocycles. The van der Waals surface area contributed by atoms with Gasteiger partial charge in [0.25, 0.3) is 0 Å². The maximum atomic E-state index is 13.9. The highest BCUT2D eigenvalue weighted by Gasteiger charge is 2.22. The Hall–Kier alpha value is -1.59. The van der Waals surface area contributed by atoms with Gasteiger partial charge in [-0.2, -0.15) is 5.10 Å². The fourth-order valence-electron chi connectivity index (χ4n) is 2.00. The maximum Gasteiger partial charge on any atom is 0.161 e. The SMILES string of the molecule is CCn1ncc(OC)c1C(N)c1cc(Cl)ccc1F. The number of aryl methyl sites for hydroxylation is 1. The molecule has 1 unspecified atom stereocenters. The van der Waals surface area contributed by atoms with Gasteiger partial charge in [0.1, 0.15) is 11.5 Å². The molecule has 0 aliphatic heterocycles. The number of nitrogens with two attached hydrogens (primary N) is 1. The van der Waals surface area contributed by atoms with Crippen molar-refractivity contribution in [1.29, 1.82) is 0 Å². The highest BCUT2D eigenvalue weighted by molar-refractivity contribution is 6.30. The summed E-state index contributed by atoms with van der Waals surface area (Å²) in [4.78, 5) is 0. The zero-order valence-electron chi connectivity index (χ0n) is 10.7. The van der Waals surface area contributed by atoms with Crippen molar-refractivity contribution >= 4 is 11.6 Å². The van der Waals surface area contributed by atoms with Crippen molar-refractivity contribution in [2.24, 2.45) is 5.73 Å². The van der Waals surface area contributed by atoms with Crippen LogP contribution in [0, 0.1) is 5.82 Å². The number of hydrogen-bond acceptors (Lipinski definition) is 3. The summed E-state index contributed by atoms with van der Waals surface area (Å²) < 4.78 is 20.8. The van der Waals surface area contributed by atoms with Crippen molar-refractivity contribution in [3.63, 3.8) is 0 Å². The van der Waals surface area contributed by atoms with Gasteiger partial charge in [0, 0.05) is 17.1 Å². The van der Waals surface area contributed by atoms with E-state index < -0.39 is 11.9 Å². The molecule has 2 aromatic rings. The largest absolute Gasteiger partial charge is 0.493 e. The molecular weight excluding hydrogens is 269 g/mol. The van der Waals surface area contributed by atoms with Gasteiger partial charge < -0.3 is 10.5 Å². The number of halogens is 2. The molecule has 19 heavy (non-hydrogen) atoms. The topological polar surface area (TPSA) is 53.1 Å². The number of methoxy groups -OCH3 is 1. The zero-order valence-corrected chi connectivity index (χ0v) is 11.5. The molecule has 0 amide bonds. The van der Waals surface area contributed by atoms with E-state index >= 15 is 0 Å². The van der Waals surface area contributed by atoms with Crippen molar-refractivity contribution in [2.75, 3.05) is 7.11 Å². The first-order valence-corrected chi connectivity index (χ1v) is 6.26. The lowest BCUT2D eigenvalue weighted by Crippen LogP contribution is -2.19. The van der Waals surface area contributed by atoms with E-state index in [9.17, 15) is 4.39 Å². The van der Waals surface area contributed by atoms with Crippen LogP contribution in [-0.4, -0.2) is 16.9 Å². The van der Waals surface area contributed by atoms with Crippen molar-refractivity contribution in [3.8, 4) is 5.75 Å². The van der Waals surface area contributed by atoms with Gasteiger partial charge in [-0.3, -0.25) is 4.68 Å². The molecule has 0 fully saturated rings. The zero-order chi connectivity index (χ0) is 14.0. The van der Waals surface area contributed by atoms with E-state index in [1.165, 1.54) is 25.3 Å². The molecule has 0 aliphatic rings. The predicted octanol–water partition coefficient (Wildman–Crippen LogP) is 2.75. The minimum Gasteiger partial charge on any atom is -0.493 e. The van der Waals surface area contributed by atoms with Gasteiger partial charge in [0.2, 0.25) is 0 Å². The quantitative estimate of drug-likeness (QED) is 0.939. The van der Waals surface area contributed by atoms with E-state index in [1.54, 1.807) is 10.9 Å². The highest BCUT2D eigenvalue weighted by Crippen LogP contribution is 2.30. The molecule has 0 saturated heterocycles. The summed E-state index contributed by atoms with van der Waals surface area (Å²) in [5, 5.41) is 4.60. The lowest BCUT2D eigenvalue weighted by Gasteiger charge is -2.16. The summed E-state index contributed by atoms with van der Waals surface area (Å²) in [7, 11) is 1.53. The van der Waals surface area contributed by atoms with Crippen molar-refractivity contribution < 1.29 is 9.13 Å². The van der Waals surface area contributed by atoms with Gasteiger partial charge >= 0.3 is 0 Å². The highest BCUT2D eigenvalue weighted by atomic mass is 35.5. The normalized spacial score (nSPS) is 12.5. The second-order valence-corrected chi connectivity index (χ2v) is 4.49. The van der Waals surface area contributed by atoms with Crippen LogP contribution in [0.15, 0.2) is 24.4 Å². The van der Waals surface area contributed by atoms with Gasteiger partial charge in [0.05, 0.1) is 19.3 Å². The third kappa shape index (κ3) is 2.57. The second-order valence-electron chi connectivity index (χ2n) is 4.06. The molecule has 6 heteroatoms. The van der Waals surface area contributed by atoms with Gasteiger partial charge in [-0.25, -0.2) is 4.39 Å². The van der Waals surface area contributed by atoms with Crippen LogP contribution in [0.4, 0.5) is 4.39 Å². The summed E-state index contributed by atoms with van der Waals surface area (Å²) in [6, 6.07) is 3.63. The molecule has 4 nitrogen and oxygen atoms in total. The molecule has 2 rings (SSSR count). The van der Waals surface area contributed by atoms with Crippen LogP contribution >= 0.6 is 11.6 Å². The van der Waals surface area contributed by atoms with Crippen molar-refractivity contribution in [1.82, 2.24) is 9.78 Å². The molecule has 102 valence electrons. The third-order valence-corrected chi connectivity index (χ3v) is 3.19. The molecular formula is C13H15ClFN3O. The molecule has 1 atom stereocenters. The summed E-state index contributed by atoms with van der Waals surface area (Å²) >= 11 is 5.89. The first kappa shape index (κ1) is 13.8. The average Bonchev–Trinajstić information content (AvgIpc) is 2.83. The molecule has 0 aliphatic carbocycles. The number of hydrogen-bond donors (Lipinski definition) is 1. The third-order valence-electron chi connectivity index (χ3n) is 2.95. The van der Waals surface area contributed by atoms with Crippen LogP contribution in [0.25, 0.3) is 0 Å². The minimum atomic E-state index is -0.684. The maximum absolute atomic E-state index is 13.9. The lowest BCUT2D eigenvalue weighted by molar-refractivity contribution is 0.404. The lowest BCUT2D eigenvalue weighted by atomic mass is 10.0. The van der Waals surface area contributed by atoms with Crippen molar-refractivity contribution in [2.45, 2.75) is 19.5 Å². The molecule has 0 saturated carbocycles. The fourth-order valence-corrected chi connectivity index (χ4v) is 2.18. The predicted molar refractivity (Wildman–Crippen MR) is 71.9 cm³/mol. The molecule has 1 aromatic heterocycles. The van der Waals surface area contributed by atoms with Crippen molar-refractivity contribution in [3.05, 3.63) is 46.5 Å². The molecule has 2 N–H and O–H groups in total. The summed E-state index contributed by atoms with van der Waals surface area (Å²) in [6.45, 7) is 2.55. The Bertz CT molecular complexity index is 564. The molecule has 0 bridgehead atoms. The van der Waals surface area contributed by atoms with Crippen LogP contribution in [0.2, 0.25) is 5.02 Å². The van der Waals surface area contributed by atoms with Gasteiger partial charge in [-0.15, -0.1) is 0 Å². The van der Waals surface area contributed by atoms with E-state index in [1.807, 2.05) is 6.92 Å². The van der Waals surface area contributed by atoms with Crippen LogP contribution in [0.3, 0.4) is 0 Å². The Kier molecular flexibility index (Phi) is 4.07. The number of nitrogens with zero attached hydrogens (tertiary/aromatic N) is 2. The summed E-state index contributed by atoms with van der Waals surface area (Å²) in [5.74, 6) is 0.136. The summed E-state index contributed by atoms with van der Waals surface area (Å²) in [6.07, 6.45) is 1.57. The van der Waals surface area contributed by atoms with E-state index in [0.29, 0.717) is 28.6 Å². The number of aromatic nitrogens is 2. The van der Waals surface area contributed by atoms with Gasteiger partial charge in [0.15, 0.2) is 5.75 Å². The standard InChI is InChI=1S/C13H15ClFN3O/c1-3-18-13(11(19-2)7-17-18)12(16)9-6-8(14)4-5-10(9)15/h4-7,12H,3,16H2,1-2H3. The number of ether oxygens (including phenoxy) is 1. The Morgan fingerprint density at radius 3 is 2.89 bits per heavy atom. The van der Waals surface area contributed by atoms with E-state index in [2.05, 4.69) is 5.10 Å². The van der Waals surface area contributed by atoms with E-state index in [-0.39, 0.29) is 0 Å². The van der Waals surface area contributed by atoms with Crippen LogP contribution in [0.5, 0.6) is 5.75 Å². The Morgan fingerprint density at radius 1 is 1.53 bits per heavy atom. The van der Waals surface area contributed by atoms with E-state index in [4.69, 9.17) is 22.1 Å². The Morgan fingerprint density at radius 2 is 2.26 bits per heavy atom. The fraction of sp³-hybridized carbons (Fsp3) is 0.308. The Balaban J connectivity index is 2.51. The monoisotopic (exact) mass is 283 g/mol.